The van der Waals surface area contributed by atoms with Gasteiger partial charge in [-0.25, -0.2) is 9.59 Å². The maximum Gasteiger partial charge on any atom is 0.326 e. The highest BCUT2D eigenvalue weighted by molar-refractivity contribution is 6.35. The molecule has 0 fully saturated rings. The van der Waals surface area contributed by atoms with Crippen molar-refractivity contribution in [2.45, 2.75) is 18.5 Å². The average molecular weight is 425 g/mol. The van der Waals surface area contributed by atoms with Gasteiger partial charge >= 0.3 is 12.0 Å². The second kappa shape index (κ2) is 7.91. The number of carbonyl (C=O) groups excluding carboxylic acids is 1. The molecule has 2 aromatic rings. The van der Waals surface area contributed by atoms with Crippen LogP contribution in [0, 0.1) is 10.1 Å². The molecule has 146 valence electrons. The van der Waals surface area contributed by atoms with Crippen molar-refractivity contribution >= 4 is 52.3 Å². The Morgan fingerprint density at radius 3 is 2.50 bits per heavy atom. The molecule has 2 aromatic carbocycles. The number of halogens is 2. The van der Waals surface area contributed by atoms with Gasteiger partial charge in [0.05, 0.1) is 11.0 Å². The molecule has 0 saturated heterocycles. The molecule has 2 atom stereocenters. The van der Waals surface area contributed by atoms with E-state index in [-0.39, 0.29) is 12.1 Å². The normalized spacial score (nSPS) is 17.8. The first-order chi connectivity index (χ1) is 13.2. The Kier molecular flexibility index (Phi) is 5.57. The zero-order valence-electron chi connectivity index (χ0n) is 14.1. The number of nitrogens with one attached hydrogen (secondary N) is 3. The molecule has 0 spiro atoms. The molecule has 0 aliphatic carbocycles. The minimum absolute atomic E-state index is 0.0668. The van der Waals surface area contributed by atoms with Crippen molar-refractivity contribution in [3.05, 3.63) is 62.1 Å². The number of hydrogen-bond donors (Lipinski definition) is 4. The van der Waals surface area contributed by atoms with Crippen molar-refractivity contribution in [1.29, 1.82) is 0 Å². The van der Waals surface area contributed by atoms with Crippen LogP contribution in [-0.4, -0.2) is 28.1 Å². The van der Waals surface area contributed by atoms with Crippen LogP contribution in [0.4, 0.5) is 21.9 Å². The summed E-state index contributed by atoms with van der Waals surface area (Å²) in [6.07, 6.45) is 0.0668. The van der Waals surface area contributed by atoms with E-state index in [0.717, 1.165) is 0 Å². The number of fused-ring (bicyclic) bond motifs is 1. The van der Waals surface area contributed by atoms with Crippen molar-refractivity contribution in [3.63, 3.8) is 0 Å². The second-order valence-corrected chi connectivity index (χ2v) is 6.92. The number of aliphatic carboxylic acids is 1. The van der Waals surface area contributed by atoms with Crippen LogP contribution in [0.1, 0.15) is 18.0 Å². The molecule has 2 unspecified atom stereocenters. The van der Waals surface area contributed by atoms with Gasteiger partial charge in [0.15, 0.2) is 0 Å². The first-order valence-corrected chi connectivity index (χ1v) is 8.80. The maximum absolute atomic E-state index is 12.4. The molecule has 4 N–H and O–H groups in total. The van der Waals surface area contributed by atoms with Gasteiger partial charge < -0.3 is 21.1 Å². The lowest BCUT2D eigenvalue weighted by Gasteiger charge is -2.32. The molecular formula is C17H14Cl2N4O5. The monoisotopic (exact) mass is 424 g/mol. The van der Waals surface area contributed by atoms with E-state index in [4.69, 9.17) is 23.2 Å². The van der Waals surface area contributed by atoms with Crippen molar-refractivity contribution in [2.75, 3.05) is 10.6 Å². The van der Waals surface area contributed by atoms with Crippen LogP contribution in [0.3, 0.4) is 0 Å². The van der Waals surface area contributed by atoms with E-state index < -0.39 is 29.0 Å². The van der Waals surface area contributed by atoms with Crippen LogP contribution < -0.4 is 16.0 Å². The lowest BCUT2D eigenvalue weighted by molar-refractivity contribution is -0.384. The van der Waals surface area contributed by atoms with Crippen LogP contribution in [-0.2, 0) is 4.79 Å². The predicted molar refractivity (Wildman–Crippen MR) is 104 cm³/mol. The average Bonchev–Trinajstić information content (AvgIpc) is 2.61. The first-order valence-electron chi connectivity index (χ1n) is 8.05. The number of nitro benzene ring substituents is 1. The molecular weight excluding hydrogens is 411 g/mol. The van der Waals surface area contributed by atoms with Crippen molar-refractivity contribution in [3.8, 4) is 0 Å². The number of carboxylic acid groups (broad SMARTS) is 1. The van der Waals surface area contributed by atoms with E-state index >= 15 is 0 Å². The highest BCUT2D eigenvalue weighted by Crippen LogP contribution is 2.39. The molecule has 3 rings (SSSR count). The van der Waals surface area contributed by atoms with Crippen molar-refractivity contribution in [2.24, 2.45) is 0 Å². The van der Waals surface area contributed by atoms with Crippen LogP contribution in [0.2, 0.25) is 10.0 Å². The number of nitrogens with zero attached hydrogens (tertiary/aromatic N) is 1. The van der Waals surface area contributed by atoms with Gasteiger partial charge in [0.2, 0.25) is 0 Å². The Morgan fingerprint density at radius 2 is 1.89 bits per heavy atom. The van der Waals surface area contributed by atoms with Gasteiger partial charge in [0.25, 0.3) is 5.69 Å². The summed E-state index contributed by atoms with van der Waals surface area (Å²) in [7, 11) is 0. The quantitative estimate of drug-likeness (QED) is 0.432. The van der Waals surface area contributed by atoms with E-state index in [9.17, 15) is 24.8 Å². The SMILES string of the molecule is O=C(Nc1ccc([N+](=O)[O-])cc1)NC1CC(C(=O)O)Nc2cc(Cl)cc(Cl)c21. The van der Waals surface area contributed by atoms with Gasteiger partial charge in [0.1, 0.15) is 6.04 Å². The summed E-state index contributed by atoms with van der Waals surface area (Å²) < 4.78 is 0. The molecule has 0 bridgehead atoms. The molecule has 1 heterocycles. The molecule has 0 radical (unpaired) electrons. The second-order valence-electron chi connectivity index (χ2n) is 6.07. The van der Waals surface area contributed by atoms with E-state index in [2.05, 4.69) is 16.0 Å². The Balaban J connectivity index is 1.79. The molecule has 9 nitrogen and oxygen atoms in total. The zero-order chi connectivity index (χ0) is 20.4. The fraction of sp³-hybridized carbons (Fsp3) is 0.176. The lowest BCUT2D eigenvalue weighted by Crippen LogP contribution is -2.42. The highest BCUT2D eigenvalue weighted by Gasteiger charge is 2.33. The standard InChI is InChI=1S/C17H14Cl2N4O5/c18-8-5-11(19)15-12(6-8)21-14(16(24)25)7-13(15)22-17(26)20-9-1-3-10(4-2-9)23(27)28/h1-6,13-14,21H,7H2,(H,24,25)(H2,20,22,26). The minimum atomic E-state index is -1.08. The Hall–Kier alpha value is -3.04. The van der Waals surface area contributed by atoms with E-state index in [1.54, 1.807) is 6.07 Å². The van der Waals surface area contributed by atoms with Crippen molar-refractivity contribution < 1.29 is 19.6 Å². The summed E-state index contributed by atoms with van der Waals surface area (Å²) in [5.74, 6) is -1.08. The number of urea groups is 1. The number of hydrogen-bond acceptors (Lipinski definition) is 5. The van der Waals surface area contributed by atoms with Crippen LogP contribution >= 0.6 is 23.2 Å². The van der Waals surface area contributed by atoms with Gasteiger partial charge in [-0.3, -0.25) is 10.1 Å². The van der Waals surface area contributed by atoms with E-state index in [0.29, 0.717) is 27.0 Å². The third-order valence-electron chi connectivity index (χ3n) is 4.18. The summed E-state index contributed by atoms with van der Waals surface area (Å²) in [4.78, 5) is 33.9. The fourth-order valence-corrected chi connectivity index (χ4v) is 3.57. The summed E-state index contributed by atoms with van der Waals surface area (Å²) in [5.41, 5.74) is 1.19. The summed E-state index contributed by atoms with van der Waals surface area (Å²) >= 11 is 12.2. The number of non-ortho nitro benzene ring substituents is 1. The summed E-state index contributed by atoms with van der Waals surface area (Å²) in [6.45, 7) is 0. The Bertz CT molecular complexity index is 951. The number of carboxylic acids is 1. The smallest absolute Gasteiger partial charge is 0.326 e. The summed E-state index contributed by atoms with van der Waals surface area (Å²) in [6, 6.07) is 6.12. The third kappa shape index (κ3) is 4.26. The topological polar surface area (TPSA) is 134 Å². The number of carbonyl (C=O) groups is 2. The molecule has 2 amide bonds. The number of amides is 2. The third-order valence-corrected chi connectivity index (χ3v) is 4.71. The highest BCUT2D eigenvalue weighted by atomic mass is 35.5. The molecule has 11 heteroatoms. The maximum atomic E-state index is 12.4. The van der Waals surface area contributed by atoms with Gasteiger partial charge in [-0.15, -0.1) is 0 Å². The number of anilines is 2. The van der Waals surface area contributed by atoms with Crippen LogP contribution in [0.15, 0.2) is 36.4 Å². The predicted octanol–water partition coefficient (Wildman–Crippen LogP) is 4.03. The van der Waals surface area contributed by atoms with Crippen LogP contribution in [0.25, 0.3) is 0 Å². The molecule has 0 aromatic heterocycles. The first kappa shape index (κ1) is 19.7. The van der Waals surface area contributed by atoms with Crippen LogP contribution in [0.5, 0.6) is 0 Å². The molecule has 0 saturated carbocycles. The van der Waals surface area contributed by atoms with E-state index in [1.165, 1.54) is 30.3 Å². The van der Waals surface area contributed by atoms with E-state index in [1.807, 2.05) is 0 Å². The number of rotatable bonds is 4. The van der Waals surface area contributed by atoms with Gasteiger partial charge in [-0.1, -0.05) is 23.2 Å². The van der Waals surface area contributed by atoms with Crippen molar-refractivity contribution in [1.82, 2.24) is 5.32 Å². The minimum Gasteiger partial charge on any atom is -0.480 e. The summed E-state index contributed by atoms with van der Waals surface area (Å²) in [5, 5.41) is 28.7. The Labute approximate surface area is 168 Å². The van der Waals surface area contributed by atoms with Gasteiger partial charge in [0, 0.05) is 45.5 Å². The van der Waals surface area contributed by atoms with Gasteiger partial charge in [-0.2, -0.15) is 0 Å². The molecule has 1 aliphatic heterocycles. The molecule has 28 heavy (non-hydrogen) atoms. The lowest BCUT2D eigenvalue weighted by atomic mass is 9.93. The largest absolute Gasteiger partial charge is 0.480 e. The molecule has 1 aliphatic rings. The Morgan fingerprint density at radius 1 is 1.21 bits per heavy atom. The fourth-order valence-electron chi connectivity index (χ4n) is 2.94. The zero-order valence-corrected chi connectivity index (χ0v) is 15.6. The number of benzene rings is 2. The number of nitro groups is 1. The van der Waals surface area contributed by atoms with Gasteiger partial charge in [-0.05, 0) is 24.3 Å².